The highest BCUT2D eigenvalue weighted by molar-refractivity contribution is 7.90. The van der Waals surface area contributed by atoms with Gasteiger partial charge in [-0.2, -0.15) is 0 Å². The van der Waals surface area contributed by atoms with E-state index in [1.54, 1.807) is 12.1 Å². The quantitative estimate of drug-likeness (QED) is 0.851. The summed E-state index contributed by atoms with van der Waals surface area (Å²) in [5.74, 6) is 0. The zero-order chi connectivity index (χ0) is 13.2. The van der Waals surface area contributed by atoms with E-state index in [1.165, 1.54) is 18.2 Å². The zero-order valence-electron chi connectivity index (χ0n) is 10.8. The number of hydrogen-bond donors (Lipinski definition) is 1. The molecular weight excluding hydrogens is 246 g/mol. The van der Waals surface area contributed by atoms with Gasteiger partial charge >= 0.3 is 0 Å². The van der Waals surface area contributed by atoms with Gasteiger partial charge in [-0.15, -0.1) is 0 Å². The molecule has 0 spiro atoms. The second kappa shape index (κ2) is 5.24. The summed E-state index contributed by atoms with van der Waals surface area (Å²) in [7, 11) is -1.17. The Hall–Kier alpha value is -1.13. The van der Waals surface area contributed by atoms with Crippen molar-refractivity contribution in [2.24, 2.45) is 0 Å². The van der Waals surface area contributed by atoms with Gasteiger partial charge < -0.3 is 5.32 Å². The number of rotatable bonds is 4. The van der Waals surface area contributed by atoms with Crippen molar-refractivity contribution < 1.29 is 8.42 Å². The molecule has 0 radical (unpaired) electrons. The Bertz CT molecular complexity index is 544. The average molecular weight is 265 g/mol. The molecule has 0 fully saturated rings. The number of benzene rings is 1. The number of hydrogen-bond acceptors (Lipinski definition) is 3. The van der Waals surface area contributed by atoms with Gasteiger partial charge in [0.2, 0.25) is 0 Å². The number of allylic oxidation sites excluding steroid dienone is 1. The minimum absolute atomic E-state index is 0.209. The Kier molecular flexibility index (Phi) is 3.88. The highest BCUT2D eigenvalue weighted by atomic mass is 32.2. The van der Waals surface area contributed by atoms with Crippen LogP contribution in [0.4, 0.5) is 0 Å². The Labute approximate surface area is 109 Å². The van der Waals surface area contributed by atoms with Crippen molar-refractivity contribution in [3.8, 4) is 0 Å². The third kappa shape index (κ3) is 2.82. The highest BCUT2D eigenvalue weighted by Gasteiger charge is 2.17. The van der Waals surface area contributed by atoms with E-state index >= 15 is 0 Å². The summed E-state index contributed by atoms with van der Waals surface area (Å²) >= 11 is 0. The standard InChI is InChI=1S/C14H19NO2S/c1-15-14(11-5-3-4-6-11)12-7-9-13(10-8-12)18(2,16)17/h5,7-10,14-15H,3-4,6H2,1-2H3. The maximum absolute atomic E-state index is 11.4. The molecule has 3 nitrogen and oxygen atoms in total. The molecule has 4 heteroatoms. The minimum atomic E-state index is -3.11. The summed E-state index contributed by atoms with van der Waals surface area (Å²) in [6.07, 6.45) is 7.01. The summed E-state index contributed by atoms with van der Waals surface area (Å²) in [5.41, 5.74) is 2.53. The first-order valence-electron chi connectivity index (χ1n) is 6.18. The maximum Gasteiger partial charge on any atom is 0.175 e. The van der Waals surface area contributed by atoms with Gasteiger partial charge in [0, 0.05) is 6.26 Å². The Balaban J connectivity index is 2.27. The Morgan fingerprint density at radius 3 is 2.33 bits per heavy atom. The molecule has 18 heavy (non-hydrogen) atoms. The summed E-state index contributed by atoms with van der Waals surface area (Å²) in [4.78, 5) is 0.376. The molecule has 1 aliphatic carbocycles. The number of sulfone groups is 1. The lowest BCUT2D eigenvalue weighted by Crippen LogP contribution is -2.18. The van der Waals surface area contributed by atoms with E-state index in [2.05, 4.69) is 11.4 Å². The molecule has 0 saturated heterocycles. The van der Waals surface area contributed by atoms with Crippen molar-refractivity contribution in [3.05, 3.63) is 41.5 Å². The lowest BCUT2D eigenvalue weighted by Gasteiger charge is -2.18. The first-order chi connectivity index (χ1) is 8.52. The first kappa shape index (κ1) is 13.3. The predicted molar refractivity (Wildman–Crippen MR) is 73.3 cm³/mol. The van der Waals surface area contributed by atoms with Gasteiger partial charge in [-0.05, 0) is 44.0 Å². The van der Waals surface area contributed by atoms with Crippen LogP contribution in [0, 0.1) is 0 Å². The summed E-state index contributed by atoms with van der Waals surface area (Å²) < 4.78 is 22.8. The minimum Gasteiger partial charge on any atom is -0.310 e. The van der Waals surface area contributed by atoms with Crippen LogP contribution in [0.1, 0.15) is 30.9 Å². The van der Waals surface area contributed by atoms with E-state index in [1.807, 2.05) is 19.2 Å². The molecule has 0 bridgehead atoms. The largest absolute Gasteiger partial charge is 0.310 e. The lowest BCUT2D eigenvalue weighted by atomic mass is 9.98. The summed E-state index contributed by atoms with van der Waals surface area (Å²) in [5, 5.41) is 3.30. The molecule has 0 aromatic heterocycles. The maximum atomic E-state index is 11.4. The van der Waals surface area contributed by atoms with Crippen LogP contribution in [-0.4, -0.2) is 21.7 Å². The molecule has 1 N–H and O–H groups in total. The van der Waals surface area contributed by atoms with Gasteiger partial charge in [0.15, 0.2) is 9.84 Å². The molecule has 1 unspecified atom stereocenters. The molecule has 0 saturated carbocycles. The van der Waals surface area contributed by atoms with Gasteiger partial charge in [-0.25, -0.2) is 8.42 Å². The Morgan fingerprint density at radius 1 is 1.22 bits per heavy atom. The summed E-state index contributed by atoms with van der Waals surface area (Å²) in [6.45, 7) is 0. The van der Waals surface area contributed by atoms with Crippen LogP contribution in [0.2, 0.25) is 0 Å². The van der Waals surface area contributed by atoms with Gasteiger partial charge in [-0.1, -0.05) is 23.8 Å². The fourth-order valence-corrected chi connectivity index (χ4v) is 3.06. The van der Waals surface area contributed by atoms with Crippen LogP contribution in [-0.2, 0) is 9.84 Å². The van der Waals surface area contributed by atoms with Crippen LogP contribution in [0.3, 0.4) is 0 Å². The van der Waals surface area contributed by atoms with Crippen molar-refractivity contribution in [1.29, 1.82) is 0 Å². The van der Waals surface area contributed by atoms with E-state index in [-0.39, 0.29) is 6.04 Å². The second-order valence-corrected chi connectivity index (χ2v) is 6.75. The molecule has 0 heterocycles. The molecule has 1 aromatic rings. The molecule has 98 valence electrons. The van der Waals surface area contributed by atoms with Crippen LogP contribution < -0.4 is 5.32 Å². The van der Waals surface area contributed by atoms with E-state index in [0.29, 0.717) is 4.90 Å². The zero-order valence-corrected chi connectivity index (χ0v) is 11.6. The van der Waals surface area contributed by atoms with Gasteiger partial charge in [-0.3, -0.25) is 0 Å². The molecule has 1 atom stereocenters. The van der Waals surface area contributed by atoms with Crippen molar-refractivity contribution in [3.63, 3.8) is 0 Å². The normalized spacial score (nSPS) is 17.6. The van der Waals surface area contributed by atoms with Crippen molar-refractivity contribution in [2.75, 3.05) is 13.3 Å². The van der Waals surface area contributed by atoms with Gasteiger partial charge in [0.05, 0.1) is 10.9 Å². The Morgan fingerprint density at radius 2 is 1.89 bits per heavy atom. The third-order valence-corrected chi connectivity index (χ3v) is 4.51. The van der Waals surface area contributed by atoms with E-state index < -0.39 is 9.84 Å². The van der Waals surface area contributed by atoms with Crippen LogP contribution in [0.5, 0.6) is 0 Å². The smallest absolute Gasteiger partial charge is 0.175 e. The van der Waals surface area contributed by atoms with Gasteiger partial charge in [0.25, 0.3) is 0 Å². The molecule has 1 aromatic carbocycles. The molecule has 2 rings (SSSR count). The van der Waals surface area contributed by atoms with E-state index in [0.717, 1.165) is 18.4 Å². The van der Waals surface area contributed by atoms with E-state index in [9.17, 15) is 8.42 Å². The van der Waals surface area contributed by atoms with Crippen LogP contribution in [0.25, 0.3) is 0 Å². The molecule has 0 amide bonds. The van der Waals surface area contributed by atoms with Crippen molar-refractivity contribution in [1.82, 2.24) is 5.32 Å². The monoisotopic (exact) mass is 265 g/mol. The lowest BCUT2D eigenvalue weighted by molar-refractivity contribution is 0.601. The second-order valence-electron chi connectivity index (χ2n) is 4.73. The SMILES string of the molecule is CNC(C1=CCCC1)c1ccc(S(C)(=O)=O)cc1. The van der Waals surface area contributed by atoms with Crippen LogP contribution >= 0.6 is 0 Å². The summed E-state index contributed by atoms with van der Waals surface area (Å²) in [6, 6.07) is 7.38. The fraction of sp³-hybridized carbons (Fsp3) is 0.429. The molecule has 1 aliphatic rings. The number of likely N-dealkylation sites (N-methyl/N-ethyl adjacent to an activating group) is 1. The third-order valence-electron chi connectivity index (χ3n) is 3.38. The first-order valence-corrected chi connectivity index (χ1v) is 8.07. The van der Waals surface area contributed by atoms with Gasteiger partial charge in [0.1, 0.15) is 0 Å². The molecule has 0 aliphatic heterocycles. The molecular formula is C14H19NO2S. The van der Waals surface area contributed by atoms with Crippen molar-refractivity contribution in [2.45, 2.75) is 30.2 Å². The highest BCUT2D eigenvalue weighted by Crippen LogP contribution is 2.30. The predicted octanol–water partition coefficient (Wildman–Crippen LogP) is 2.46. The fourth-order valence-electron chi connectivity index (χ4n) is 2.43. The number of nitrogens with one attached hydrogen (secondary N) is 1. The van der Waals surface area contributed by atoms with Crippen molar-refractivity contribution >= 4 is 9.84 Å². The van der Waals surface area contributed by atoms with Crippen LogP contribution in [0.15, 0.2) is 40.8 Å². The van der Waals surface area contributed by atoms with E-state index in [4.69, 9.17) is 0 Å². The topological polar surface area (TPSA) is 46.2 Å². The average Bonchev–Trinajstić information content (AvgIpc) is 2.83.